The monoisotopic (exact) mass is 230 g/mol. The summed E-state index contributed by atoms with van der Waals surface area (Å²) in [6.45, 7) is 2.62. The second kappa shape index (κ2) is 5.79. The molecular formula is C9H14N2O3S. The molecule has 1 atom stereocenters. The van der Waals surface area contributed by atoms with E-state index < -0.39 is 4.92 Å². The van der Waals surface area contributed by atoms with Crippen LogP contribution in [0.1, 0.15) is 18.9 Å². The van der Waals surface area contributed by atoms with E-state index >= 15 is 0 Å². The molecule has 84 valence electrons. The van der Waals surface area contributed by atoms with Crippen LogP contribution in [0.15, 0.2) is 11.4 Å². The molecule has 1 heterocycles. The summed E-state index contributed by atoms with van der Waals surface area (Å²) in [4.78, 5) is 10.0. The van der Waals surface area contributed by atoms with Gasteiger partial charge in [0.05, 0.1) is 11.5 Å². The molecule has 6 heteroatoms. The van der Waals surface area contributed by atoms with Gasteiger partial charge in [-0.25, -0.2) is 0 Å². The molecule has 1 aromatic rings. The standard InChI is InChI=1S/C9H14N2O3S/c1-2-8(5-12)10-4-7-3-9(11(13)14)15-6-7/h3,6,8,10,12H,2,4-5H2,1H3. The van der Waals surface area contributed by atoms with Crippen molar-refractivity contribution in [3.63, 3.8) is 0 Å². The van der Waals surface area contributed by atoms with Crippen molar-refractivity contribution in [3.05, 3.63) is 27.1 Å². The molecule has 0 bridgehead atoms. The molecule has 0 aliphatic heterocycles. The van der Waals surface area contributed by atoms with Gasteiger partial charge in [-0.15, -0.1) is 0 Å². The first kappa shape index (κ1) is 12.1. The molecule has 2 N–H and O–H groups in total. The molecule has 0 fully saturated rings. The van der Waals surface area contributed by atoms with E-state index in [1.807, 2.05) is 6.92 Å². The molecule has 1 aromatic heterocycles. The lowest BCUT2D eigenvalue weighted by molar-refractivity contribution is -0.380. The summed E-state index contributed by atoms with van der Waals surface area (Å²) in [7, 11) is 0. The maximum Gasteiger partial charge on any atom is 0.324 e. The van der Waals surface area contributed by atoms with E-state index in [2.05, 4.69) is 5.32 Å². The van der Waals surface area contributed by atoms with Crippen LogP contribution in [0.5, 0.6) is 0 Å². The number of hydrogen-bond acceptors (Lipinski definition) is 5. The van der Waals surface area contributed by atoms with Crippen LogP contribution in [0.25, 0.3) is 0 Å². The lowest BCUT2D eigenvalue weighted by Crippen LogP contribution is -2.30. The van der Waals surface area contributed by atoms with E-state index in [4.69, 9.17) is 5.11 Å². The number of nitrogens with one attached hydrogen (secondary N) is 1. The minimum absolute atomic E-state index is 0.0592. The van der Waals surface area contributed by atoms with Crippen LogP contribution in [-0.4, -0.2) is 22.7 Å². The van der Waals surface area contributed by atoms with Gasteiger partial charge < -0.3 is 10.4 Å². The molecule has 0 spiro atoms. The zero-order valence-electron chi connectivity index (χ0n) is 8.47. The first-order valence-electron chi connectivity index (χ1n) is 4.73. The maximum atomic E-state index is 10.4. The van der Waals surface area contributed by atoms with Crippen LogP contribution in [0.2, 0.25) is 0 Å². The van der Waals surface area contributed by atoms with E-state index in [1.165, 1.54) is 0 Å². The van der Waals surface area contributed by atoms with Gasteiger partial charge in [0.1, 0.15) is 0 Å². The van der Waals surface area contributed by atoms with Gasteiger partial charge >= 0.3 is 5.00 Å². The van der Waals surface area contributed by atoms with Crippen LogP contribution in [0, 0.1) is 10.1 Å². The largest absolute Gasteiger partial charge is 0.395 e. The Morgan fingerprint density at radius 3 is 2.93 bits per heavy atom. The number of rotatable bonds is 6. The molecule has 5 nitrogen and oxygen atoms in total. The number of hydrogen-bond donors (Lipinski definition) is 2. The van der Waals surface area contributed by atoms with E-state index in [0.717, 1.165) is 23.3 Å². The fourth-order valence-corrected chi connectivity index (χ4v) is 1.88. The average Bonchev–Trinajstić information content (AvgIpc) is 2.68. The van der Waals surface area contributed by atoms with Crippen molar-refractivity contribution in [2.75, 3.05) is 6.61 Å². The predicted molar refractivity (Wildman–Crippen MR) is 59.0 cm³/mol. The van der Waals surface area contributed by atoms with Crippen LogP contribution in [0.4, 0.5) is 5.00 Å². The van der Waals surface area contributed by atoms with Crippen LogP contribution < -0.4 is 5.32 Å². The lowest BCUT2D eigenvalue weighted by atomic mass is 10.2. The maximum absolute atomic E-state index is 10.4. The number of aliphatic hydroxyl groups excluding tert-OH is 1. The second-order valence-corrected chi connectivity index (χ2v) is 4.11. The normalized spacial score (nSPS) is 12.7. The highest BCUT2D eigenvalue weighted by molar-refractivity contribution is 7.13. The van der Waals surface area contributed by atoms with Crippen molar-refractivity contribution in [1.29, 1.82) is 0 Å². The highest BCUT2D eigenvalue weighted by atomic mass is 32.1. The molecular weight excluding hydrogens is 216 g/mol. The Balaban J connectivity index is 2.47. The number of nitrogens with zero attached hydrogens (tertiary/aromatic N) is 1. The number of nitro groups is 1. The SMILES string of the molecule is CCC(CO)NCc1csc([N+](=O)[O-])c1. The minimum Gasteiger partial charge on any atom is -0.395 e. The van der Waals surface area contributed by atoms with E-state index in [1.54, 1.807) is 11.4 Å². The smallest absolute Gasteiger partial charge is 0.324 e. The molecule has 0 radical (unpaired) electrons. The summed E-state index contributed by atoms with van der Waals surface area (Å²) in [6.07, 6.45) is 0.836. The van der Waals surface area contributed by atoms with Gasteiger partial charge in [-0.1, -0.05) is 18.3 Å². The quantitative estimate of drug-likeness (QED) is 0.574. The summed E-state index contributed by atoms with van der Waals surface area (Å²) >= 11 is 1.12. The van der Waals surface area contributed by atoms with Crippen molar-refractivity contribution in [1.82, 2.24) is 5.32 Å². The molecule has 0 aliphatic carbocycles. The van der Waals surface area contributed by atoms with Gasteiger partial charge in [0.15, 0.2) is 0 Å². The summed E-state index contributed by atoms with van der Waals surface area (Å²) in [5.41, 5.74) is 0.888. The van der Waals surface area contributed by atoms with Gasteiger partial charge in [-0.2, -0.15) is 0 Å². The Morgan fingerprint density at radius 1 is 1.73 bits per heavy atom. The first-order chi connectivity index (χ1) is 7.17. The minimum atomic E-state index is -0.391. The second-order valence-electron chi connectivity index (χ2n) is 3.22. The van der Waals surface area contributed by atoms with Gasteiger partial charge in [-0.05, 0) is 12.0 Å². The van der Waals surface area contributed by atoms with Crippen molar-refractivity contribution in [2.45, 2.75) is 25.9 Å². The van der Waals surface area contributed by atoms with Crippen molar-refractivity contribution >= 4 is 16.3 Å². The number of thiophene rings is 1. The summed E-state index contributed by atoms with van der Waals surface area (Å²) in [5, 5.41) is 24.4. The van der Waals surface area contributed by atoms with Crippen LogP contribution >= 0.6 is 11.3 Å². The predicted octanol–water partition coefficient (Wildman–Crippen LogP) is 1.52. The lowest BCUT2D eigenvalue weighted by Gasteiger charge is -2.12. The Kier molecular flexibility index (Phi) is 4.67. The first-order valence-corrected chi connectivity index (χ1v) is 5.61. The van der Waals surface area contributed by atoms with Gasteiger partial charge in [-0.3, -0.25) is 10.1 Å². The fourth-order valence-electron chi connectivity index (χ4n) is 1.15. The van der Waals surface area contributed by atoms with Crippen LogP contribution in [0.3, 0.4) is 0 Å². The Labute approximate surface area is 91.9 Å². The molecule has 0 amide bonds. The molecule has 0 saturated carbocycles. The molecule has 0 saturated heterocycles. The number of aliphatic hydroxyl groups is 1. The topological polar surface area (TPSA) is 75.4 Å². The third kappa shape index (κ3) is 3.58. The molecule has 0 aromatic carbocycles. The average molecular weight is 230 g/mol. The van der Waals surface area contributed by atoms with Crippen molar-refractivity contribution in [3.8, 4) is 0 Å². The third-order valence-corrected chi connectivity index (χ3v) is 3.06. The van der Waals surface area contributed by atoms with Crippen molar-refractivity contribution < 1.29 is 10.0 Å². The molecule has 15 heavy (non-hydrogen) atoms. The summed E-state index contributed by atoms with van der Waals surface area (Å²) in [5.74, 6) is 0. The molecule has 1 rings (SSSR count). The van der Waals surface area contributed by atoms with E-state index in [9.17, 15) is 10.1 Å². The van der Waals surface area contributed by atoms with Gasteiger partial charge in [0.2, 0.25) is 0 Å². The van der Waals surface area contributed by atoms with Crippen molar-refractivity contribution in [2.24, 2.45) is 0 Å². The zero-order chi connectivity index (χ0) is 11.3. The molecule has 1 unspecified atom stereocenters. The van der Waals surface area contributed by atoms with E-state index in [0.29, 0.717) is 6.54 Å². The highest BCUT2D eigenvalue weighted by Gasteiger charge is 2.10. The Morgan fingerprint density at radius 2 is 2.47 bits per heavy atom. The third-order valence-electron chi connectivity index (χ3n) is 2.13. The van der Waals surface area contributed by atoms with Crippen LogP contribution in [-0.2, 0) is 6.54 Å². The zero-order valence-corrected chi connectivity index (χ0v) is 9.29. The molecule has 0 aliphatic rings. The Bertz CT molecular complexity index is 323. The summed E-state index contributed by atoms with van der Waals surface area (Å²) < 4.78 is 0. The highest BCUT2D eigenvalue weighted by Crippen LogP contribution is 2.22. The fraction of sp³-hybridized carbons (Fsp3) is 0.556. The summed E-state index contributed by atoms with van der Waals surface area (Å²) in [6, 6.07) is 1.62. The van der Waals surface area contributed by atoms with Gasteiger partial charge in [0, 0.05) is 24.0 Å². The van der Waals surface area contributed by atoms with Gasteiger partial charge in [0.25, 0.3) is 0 Å². The Hall–Kier alpha value is -0.980. The van der Waals surface area contributed by atoms with E-state index in [-0.39, 0.29) is 17.6 Å².